The third-order valence-electron chi connectivity index (χ3n) is 3.58. The Kier molecular flexibility index (Phi) is 2.82. The van der Waals surface area contributed by atoms with Crippen LogP contribution in [0.3, 0.4) is 0 Å². The van der Waals surface area contributed by atoms with Gasteiger partial charge in [-0.1, -0.05) is 24.6 Å². The highest BCUT2D eigenvalue weighted by molar-refractivity contribution is 5.82. The van der Waals surface area contributed by atoms with Crippen LogP contribution in [0.1, 0.15) is 32.8 Å². The van der Waals surface area contributed by atoms with Gasteiger partial charge >= 0.3 is 0 Å². The lowest BCUT2D eigenvalue weighted by molar-refractivity contribution is 0.333. The lowest BCUT2D eigenvalue weighted by atomic mass is 10.0. The second-order valence-electron chi connectivity index (χ2n) is 5.25. The van der Waals surface area contributed by atoms with Gasteiger partial charge in [-0.05, 0) is 44.7 Å². The number of aryl methyl sites for hydroxylation is 1. The zero-order valence-electron chi connectivity index (χ0n) is 10.9. The Morgan fingerprint density at radius 3 is 2.59 bits per heavy atom. The van der Waals surface area contributed by atoms with Gasteiger partial charge < -0.3 is 4.57 Å². The van der Waals surface area contributed by atoms with E-state index >= 15 is 0 Å². The molecule has 0 aliphatic heterocycles. The summed E-state index contributed by atoms with van der Waals surface area (Å²) < 4.78 is 1.84. The SMILES string of the molecule is CCC(C)(C)n1ccc2cc(C)ccc2c1=O. The first kappa shape index (κ1) is 11.9. The summed E-state index contributed by atoms with van der Waals surface area (Å²) in [6.07, 6.45) is 2.85. The summed E-state index contributed by atoms with van der Waals surface area (Å²) in [5.74, 6) is 0. The summed E-state index contributed by atoms with van der Waals surface area (Å²) in [7, 11) is 0. The van der Waals surface area contributed by atoms with Crippen molar-refractivity contribution in [2.45, 2.75) is 39.7 Å². The van der Waals surface area contributed by atoms with Crippen molar-refractivity contribution in [1.82, 2.24) is 4.57 Å². The van der Waals surface area contributed by atoms with Crippen molar-refractivity contribution in [2.24, 2.45) is 0 Å². The van der Waals surface area contributed by atoms with Crippen molar-refractivity contribution < 1.29 is 0 Å². The summed E-state index contributed by atoms with van der Waals surface area (Å²) in [6, 6.07) is 8.00. The van der Waals surface area contributed by atoms with Gasteiger partial charge in [0, 0.05) is 17.1 Å². The molecule has 0 fully saturated rings. The molecule has 0 saturated carbocycles. The predicted octanol–water partition coefficient (Wildman–Crippen LogP) is 3.46. The number of fused-ring (bicyclic) bond motifs is 1. The molecule has 2 heteroatoms. The van der Waals surface area contributed by atoms with Gasteiger partial charge in [-0.2, -0.15) is 0 Å². The van der Waals surface area contributed by atoms with Gasteiger partial charge in [0.15, 0.2) is 0 Å². The lowest BCUT2D eigenvalue weighted by Crippen LogP contribution is -2.35. The molecule has 0 amide bonds. The Bertz CT molecular complexity index is 608. The van der Waals surface area contributed by atoms with E-state index in [4.69, 9.17) is 0 Å². The number of pyridine rings is 1. The predicted molar refractivity (Wildman–Crippen MR) is 72.6 cm³/mol. The maximum Gasteiger partial charge on any atom is 0.258 e. The second-order valence-corrected chi connectivity index (χ2v) is 5.25. The van der Waals surface area contributed by atoms with Crippen LogP contribution in [0.5, 0.6) is 0 Å². The molecule has 0 aliphatic carbocycles. The average molecular weight is 229 g/mol. The molecule has 17 heavy (non-hydrogen) atoms. The minimum Gasteiger partial charge on any atom is -0.309 e. The fourth-order valence-corrected chi connectivity index (χ4v) is 2.01. The molecule has 1 aromatic carbocycles. The Morgan fingerprint density at radius 2 is 1.94 bits per heavy atom. The van der Waals surface area contributed by atoms with E-state index in [9.17, 15) is 4.79 Å². The maximum atomic E-state index is 12.4. The van der Waals surface area contributed by atoms with Gasteiger partial charge in [0.1, 0.15) is 0 Å². The van der Waals surface area contributed by atoms with Crippen molar-refractivity contribution >= 4 is 10.8 Å². The van der Waals surface area contributed by atoms with Crippen LogP contribution < -0.4 is 5.56 Å². The first-order chi connectivity index (χ1) is 7.95. The lowest BCUT2D eigenvalue weighted by Gasteiger charge is -2.26. The van der Waals surface area contributed by atoms with Crippen LogP contribution >= 0.6 is 0 Å². The van der Waals surface area contributed by atoms with E-state index in [-0.39, 0.29) is 11.1 Å². The topological polar surface area (TPSA) is 22.0 Å². The number of aromatic nitrogens is 1. The normalized spacial score (nSPS) is 12.0. The maximum absolute atomic E-state index is 12.4. The third kappa shape index (κ3) is 1.99. The van der Waals surface area contributed by atoms with Crippen molar-refractivity contribution in [3.8, 4) is 0 Å². The quantitative estimate of drug-likeness (QED) is 0.773. The molecule has 2 rings (SSSR count). The Balaban J connectivity index is 2.75. The molecule has 0 saturated heterocycles. The molecule has 2 nitrogen and oxygen atoms in total. The fourth-order valence-electron chi connectivity index (χ4n) is 2.01. The van der Waals surface area contributed by atoms with Crippen LogP contribution in [-0.2, 0) is 5.54 Å². The van der Waals surface area contributed by atoms with Crippen molar-refractivity contribution in [3.63, 3.8) is 0 Å². The van der Waals surface area contributed by atoms with Gasteiger partial charge in [0.05, 0.1) is 0 Å². The van der Waals surface area contributed by atoms with Crippen LogP contribution in [0.4, 0.5) is 0 Å². The van der Waals surface area contributed by atoms with Crippen LogP contribution in [0.2, 0.25) is 0 Å². The first-order valence-corrected chi connectivity index (χ1v) is 6.08. The van der Waals surface area contributed by atoms with E-state index in [1.165, 1.54) is 5.56 Å². The van der Waals surface area contributed by atoms with Gasteiger partial charge in [-0.3, -0.25) is 4.79 Å². The van der Waals surface area contributed by atoms with Crippen LogP contribution in [0.25, 0.3) is 10.8 Å². The summed E-state index contributed by atoms with van der Waals surface area (Å²) >= 11 is 0. The van der Waals surface area contributed by atoms with E-state index in [0.717, 1.165) is 17.2 Å². The number of hydrogen-bond donors (Lipinski definition) is 0. The first-order valence-electron chi connectivity index (χ1n) is 6.08. The van der Waals surface area contributed by atoms with Crippen molar-refractivity contribution in [1.29, 1.82) is 0 Å². The molecule has 0 unspecified atom stereocenters. The fraction of sp³-hybridized carbons (Fsp3) is 0.400. The second kappa shape index (κ2) is 4.02. The van der Waals surface area contributed by atoms with Gasteiger partial charge in [-0.15, -0.1) is 0 Å². The third-order valence-corrected chi connectivity index (χ3v) is 3.58. The zero-order chi connectivity index (χ0) is 12.6. The van der Waals surface area contributed by atoms with Gasteiger partial charge in [-0.25, -0.2) is 0 Å². The highest BCUT2D eigenvalue weighted by atomic mass is 16.1. The molecule has 0 radical (unpaired) electrons. The van der Waals surface area contributed by atoms with Crippen LogP contribution in [-0.4, -0.2) is 4.57 Å². The molecule has 1 aromatic heterocycles. The van der Waals surface area contributed by atoms with E-state index < -0.39 is 0 Å². The molecule has 0 bridgehead atoms. The molecule has 2 aromatic rings. The van der Waals surface area contributed by atoms with Gasteiger partial charge in [0.2, 0.25) is 0 Å². The molecule has 0 N–H and O–H groups in total. The Hall–Kier alpha value is -1.57. The van der Waals surface area contributed by atoms with E-state index in [1.807, 2.05) is 35.9 Å². The highest BCUT2D eigenvalue weighted by Gasteiger charge is 2.19. The summed E-state index contributed by atoms with van der Waals surface area (Å²) in [5.41, 5.74) is 1.16. The van der Waals surface area contributed by atoms with E-state index in [0.29, 0.717) is 0 Å². The van der Waals surface area contributed by atoms with Crippen LogP contribution in [0, 0.1) is 6.92 Å². The molecule has 0 aliphatic rings. The minimum absolute atomic E-state index is 0.106. The molecular formula is C15H19NO. The standard InChI is InChI=1S/C15H19NO/c1-5-15(3,4)16-9-8-12-10-11(2)6-7-13(12)14(16)17/h6-10H,5H2,1-4H3. The zero-order valence-corrected chi connectivity index (χ0v) is 10.9. The monoisotopic (exact) mass is 229 g/mol. The Labute approximate surface area is 102 Å². The Morgan fingerprint density at radius 1 is 1.24 bits per heavy atom. The number of rotatable bonds is 2. The average Bonchev–Trinajstić information content (AvgIpc) is 2.28. The van der Waals surface area contributed by atoms with Crippen molar-refractivity contribution in [2.75, 3.05) is 0 Å². The van der Waals surface area contributed by atoms with E-state index in [1.54, 1.807) is 0 Å². The van der Waals surface area contributed by atoms with Crippen molar-refractivity contribution in [3.05, 3.63) is 46.4 Å². The largest absolute Gasteiger partial charge is 0.309 e. The molecular weight excluding hydrogens is 210 g/mol. The minimum atomic E-state index is -0.129. The molecule has 0 spiro atoms. The summed E-state index contributed by atoms with van der Waals surface area (Å²) in [4.78, 5) is 12.4. The van der Waals surface area contributed by atoms with E-state index in [2.05, 4.69) is 26.8 Å². The van der Waals surface area contributed by atoms with Crippen LogP contribution in [0.15, 0.2) is 35.3 Å². The number of hydrogen-bond acceptors (Lipinski definition) is 1. The highest BCUT2D eigenvalue weighted by Crippen LogP contribution is 2.19. The molecule has 90 valence electrons. The summed E-state index contributed by atoms with van der Waals surface area (Å²) in [5, 5.41) is 1.83. The molecule has 0 atom stereocenters. The van der Waals surface area contributed by atoms with Gasteiger partial charge in [0.25, 0.3) is 5.56 Å². The smallest absolute Gasteiger partial charge is 0.258 e. The summed E-state index contributed by atoms with van der Waals surface area (Å²) in [6.45, 7) is 8.33. The number of nitrogens with zero attached hydrogens (tertiary/aromatic N) is 1. The number of benzene rings is 1. The molecule has 1 heterocycles.